The molecule has 3 aromatic heterocycles. The molecular formula is C21H20N6O2. The summed E-state index contributed by atoms with van der Waals surface area (Å²) >= 11 is 0. The lowest BCUT2D eigenvalue weighted by Gasteiger charge is -2.15. The molecule has 0 atom stereocenters. The summed E-state index contributed by atoms with van der Waals surface area (Å²) in [6.07, 6.45) is 3.21. The third kappa shape index (κ3) is 2.60. The van der Waals surface area contributed by atoms with Gasteiger partial charge in [-0.05, 0) is 19.4 Å². The second kappa shape index (κ2) is 6.44. The zero-order chi connectivity index (χ0) is 20.1. The van der Waals surface area contributed by atoms with Gasteiger partial charge in [0.1, 0.15) is 5.69 Å². The number of hydrogen-bond acceptors (Lipinski definition) is 4. The van der Waals surface area contributed by atoms with E-state index in [1.54, 1.807) is 22.0 Å². The summed E-state index contributed by atoms with van der Waals surface area (Å²) in [4.78, 5) is 36.6. The predicted octanol–water partition coefficient (Wildman–Crippen LogP) is 2.37. The average molecular weight is 388 g/mol. The van der Waals surface area contributed by atoms with Crippen LogP contribution in [0.1, 0.15) is 34.4 Å². The normalized spacial score (nSPS) is 13.2. The Morgan fingerprint density at radius 3 is 2.76 bits per heavy atom. The van der Waals surface area contributed by atoms with Crippen LogP contribution in [0.5, 0.6) is 0 Å². The minimum atomic E-state index is -0.158. The molecule has 1 aliphatic heterocycles. The molecular weight excluding hydrogens is 368 g/mol. The van der Waals surface area contributed by atoms with Gasteiger partial charge in [-0.25, -0.2) is 14.5 Å². The van der Waals surface area contributed by atoms with E-state index in [1.807, 2.05) is 44.2 Å². The first-order valence-electron chi connectivity index (χ1n) is 9.56. The number of aryl methyl sites for hydroxylation is 2. The van der Waals surface area contributed by atoms with Gasteiger partial charge in [-0.3, -0.25) is 14.7 Å². The molecule has 1 amide bonds. The Bertz CT molecular complexity index is 1300. The molecule has 0 spiro atoms. The van der Waals surface area contributed by atoms with Crippen molar-refractivity contribution in [2.75, 3.05) is 0 Å². The van der Waals surface area contributed by atoms with Crippen LogP contribution in [0.25, 0.3) is 16.8 Å². The van der Waals surface area contributed by atoms with Gasteiger partial charge in [-0.15, -0.1) is 0 Å². The number of amides is 1. The highest BCUT2D eigenvalue weighted by Gasteiger charge is 2.31. The molecule has 0 aliphatic carbocycles. The van der Waals surface area contributed by atoms with E-state index in [4.69, 9.17) is 4.98 Å². The van der Waals surface area contributed by atoms with Crippen LogP contribution in [-0.2, 0) is 19.6 Å². The van der Waals surface area contributed by atoms with Gasteiger partial charge in [0.05, 0.1) is 36.9 Å². The minimum absolute atomic E-state index is 0.144. The van der Waals surface area contributed by atoms with E-state index in [0.29, 0.717) is 35.7 Å². The first kappa shape index (κ1) is 17.4. The quantitative estimate of drug-likeness (QED) is 0.584. The number of carbonyl (C=O) groups is 1. The topological polar surface area (TPSA) is 88.3 Å². The highest BCUT2D eigenvalue weighted by Crippen LogP contribution is 2.28. The van der Waals surface area contributed by atoms with Crippen molar-refractivity contribution in [1.82, 2.24) is 29.0 Å². The van der Waals surface area contributed by atoms with E-state index in [-0.39, 0.29) is 18.0 Å². The number of aromatic amines is 1. The van der Waals surface area contributed by atoms with Crippen molar-refractivity contribution in [2.45, 2.75) is 33.5 Å². The maximum atomic E-state index is 13.1. The summed E-state index contributed by atoms with van der Waals surface area (Å²) in [6.45, 7) is 5.11. The van der Waals surface area contributed by atoms with Gasteiger partial charge in [0, 0.05) is 17.8 Å². The highest BCUT2D eigenvalue weighted by atomic mass is 16.2. The molecule has 0 bridgehead atoms. The lowest BCUT2D eigenvalue weighted by atomic mass is 10.1. The van der Waals surface area contributed by atoms with E-state index < -0.39 is 0 Å². The molecule has 146 valence electrons. The number of nitrogens with one attached hydrogen (secondary N) is 1. The Hall–Kier alpha value is -3.68. The van der Waals surface area contributed by atoms with Crippen molar-refractivity contribution >= 4 is 11.6 Å². The molecule has 4 heterocycles. The van der Waals surface area contributed by atoms with Crippen LogP contribution in [0.15, 0.2) is 47.7 Å². The van der Waals surface area contributed by atoms with Gasteiger partial charge in [0.25, 0.3) is 11.5 Å². The van der Waals surface area contributed by atoms with Crippen LogP contribution < -0.4 is 5.56 Å². The second-order valence-electron chi connectivity index (χ2n) is 7.21. The number of carbonyl (C=O) groups excluding carboxylic acids is 1. The zero-order valence-corrected chi connectivity index (χ0v) is 16.2. The Balaban J connectivity index is 1.59. The summed E-state index contributed by atoms with van der Waals surface area (Å²) < 4.78 is 3.29. The predicted molar refractivity (Wildman–Crippen MR) is 107 cm³/mol. The van der Waals surface area contributed by atoms with Gasteiger partial charge in [0.15, 0.2) is 5.65 Å². The summed E-state index contributed by atoms with van der Waals surface area (Å²) in [5.41, 5.74) is 4.94. The molecule has 1 aliphatic rings. The maximum absolute atomic E-state index is 13.1. The number of H-pyrrole nitrogens is 1. The van der Waals surface area contributed by atoms with Gasteiger partial charge < -0.3 is 9.47 Å². The van der Waals surface area contributed by atoms with E-state index in [1.165, 1.54) is 4.52 Å². The number of imidazole rings is 1. The zero-order valence-electron chi connectivity index (χ0n) is 16.2. The standard InChI is InChI=1S/C21H20N6O2/c1-3-25-12-22-9-17(25)21(29)26-10-15-16(11-26)23-19-18(14-7-5-4-6-8-14)13(2)24-27(19)20(15)28/h4-9,12,24H,3,10-11H2,1-2H3. The maximum Gasteiger partial charge on any atom is 0.278 e. The largest absolute Gasteiger partial charge is 0.327 e. The summed E-state index contributed by atoms with van der Waals surface area (Å²) in [7, 11) is 0. The first-order chi connectivity index (χ1) is 14.1. The van der Waals surface area contributed by atoms with E-state index >= 15 is 0 Å². The summed E-state index contributed by atoms with van der Waals surface area (Å²) in [6, 6.07) is 9.87. The van der Waals surface area contributed by atoms with Crippen LogP contribution in [0, 0.1) is 6.92 Å². The van der Waals surface area contributed by atoms with Crippen molar-refractivity contribution in [3.63, 3.8) is 0 Å². The van der Waals surface area contributed by atoms with E-state index in [2.05, 4.69) is 10.1 Å². The van der Waals surface area contributed by atoms with Gasteiger partial charge in [-0.2, -0.15) is 0 Å². The van der Waals surface area contributed by atoms with Crippen molar-refractivity contribution in [1.29, 1.82) is 0 Å². The minimum Gasteiger partial charge on any atom is -0.327 e. The van der Waals surface area contributed by atoms with Crippen molar-refractivity contribution in [3.05, 3.63) is 75.9 Å². The number of aromatic nitrogens is 5. The third-order valence-electron chi connectivity index (χ3n) is 5.45. The number of hydrogen-bond donors (Lipinski definition) is 1. The molecule has 0 fully saturated rings. The van der Waals surface area contributed by atoms with Crippen LogP contribution in [-0.4, -0.2) is 35.0 Å². The molecule has 8 heteroatoms. The van der Waals surface area contributed by atoms with Crippen molar-refractivity contribution < 1.29 is 4.79 Å². The monoisotopic (exact) mass is 388 g/mol. The summed E-state index contributed by atoms with van der Waals surface area (Å²) in [5.74, 6) is -0.144. The van der Waals surface area contributed by atoms with Crippen molar-refractivity contribution in [2.24, 2.45) is 0 Å². The van der Waals surface area contributed by atoms with E-state index in [9.17, 15) is 9.59 Å². The third-order valence-corrected chi connectivity index (χ3v) is 5.45. The molecule has 8 nitrogen and oxygen atoms in total. The fourth-order valence-corrected chi connectivity index (χ4v) is 3.99. The van der Waals surface area contributed by atoms with Gasteiger partial charge >= 0.3 is 0 Å². The number of benzene rings is 1. The van der Waals surface area contributed by atoms with Crippen molar-refractivity contribution in [3.8, 4) is 11.1 Å². The highest BCUT2D eigenvalue weighted by molar-refractivity contribution is 5.92. The number of nitrogens with zero attached hydrogens (tertiary/aromatic N) is 5. The number of fused-ring (bicyclic) bond motifs is 2. The molecule has 0 unspecified atom stereocenters. The smallest absolute Gasteiger partial charge is 0.278 e. The first-order valence-corrected chi connectivity index (χ1v) is 9.56. The second-order valence-corrected chi connectivity index (χ2v) is 7.21. The molecule has 1 N–H and O–H groups in total. The number of rotatable bonds is 3. The van der Waals surface area contributed by atoms with Crippen LogP contribution in [0.2, 0.25) is 0 Å². The van der Waals surface area contributed by atoms with E-state index in [0.717, 1.165) is 16.8 Å². The molecule has 0 saturated heterocycles. The fraction of sp³-hybridized carbons (Fsp3) is 0.238. The van der Waals surface area contributed by atoms with Crippen LogP contribution in [0.3, 0.4) is 0 Å². The molecule has 1 aromatic carbocycles. The lowest BCUT2D eigenvalue weighted by molar-refractivity contribution is 0.0739. The Morgan fingerprint density at radius 2 is 2.00 bits per heavy atom. The molecule has 0 saturated carbocycles. The molecule has 0 radical (unpaired) electrons. The Morgan fingerprint density at radius 1 is 1.21 bits per heavy atom. The van der Waals surface area contributed by atoms with Crippen LogP contribution >= 0.6 is 0 Å². The average Bonchev–Trinajstić information content (AvgIpc) is 3.45. The Kier molecular flexibility index (Phi) is 3.87. The fourth-order valence-electron chi connectivity index (χ4n) is 3.99. The van der Waals surface area contributed by atoms with Gasteiger partial charge in [0.2, 0.25) is 0 Å². The molecule has 5 rings (SSSR count). The van der Waals surface area contributed by atoms with Gasteiger partial charge in [-0.1, -0.05) is 30.3 Å². The summed E-state index contributed by atoms with van der Waals surface area (Å²) in [5, 5.41) is 3.14. The molecule has 29 heavy (non-hydrogen) atoms. The molecule has 4 aromatic rings. The van der Waals surface area contributed by atoms with Crippen LogP contribution in [0.4, 0.5) is 0 Å². The Labute approximate surface area is 166 Å². The lowest BCUT2D eigenvalue weighted by Crippen LogP contribution is -2.28. The SMILES string of the molecule is CCn1cncc1C(=O)N1Cc2nc3c(-c4ccccc4)c(C)[nH]n3c(=O)c2C1.